The monoisotopic (exact) mass is 197 g/mol. The summed E-state index contributed by atoms with van der Waals surface area (Å²) in [6, 6.07) is 0. The summed E-state index contributed by atoms with van der Waals surface area (Å²) in [5.74, 6) is 0.626. The van der Waals surface area contributed by atoms with Crippen molar-refractivity contribution in [3.63, 3.8) is 0 Å². The van der Waals surface area contributed by atoms with Crippen molar-refractivity contribution in [2.45, 2.75) is 50.5 Å². The van der Waals surface area contributed by atoms with Crippen LogP contribution in [0.4, 0.5) is 0 Å². The summed E-state index contributed by atoms with van der Waals surface area (Å²) in [5, 5.41) is 0. The summed E-state index contributed by atoms with van der Waals surface area (Å²) in [6.07, 6.45) is 7.66. The smallest absolute Gasteiger partial charge is 0.326 e. The van der Waals surface area contributed by atoms with Crippen molar-refractivity contribution < 1.29 is 9.53 Å². The Bertz CT molecular complexity index is 219. The van der Waals surface area contributed by atoms with Crippen LogP contribution >= 0.6 is 0 Å². The van der Waals surface area contributed by atoms with Crippen molar-refractivity contribution in [2.24, 2.45) is 11.7 Å². The summed E-state index contributed by atoms with van der Waals surface area (Å²) in [6.45, 7) is 0.572. The highest BCUT2D eigenvalue weighted by atomic mass is 16.5. The second-order valence-corrected chi connectivity index (χ2v) is 4.73. The Balaban J connectivity index is 1.62. The predicted octanol–water partition coefficient (Wildman–Crippen LogP) is 1.60. The Kier molecular flexibility index (Phi) is 2.77. The summed E-state index contributed by atoms with van der Waals surface area (Å²) in [4.78, 5) is 11.5. The van der Waals surface area contributed by atoms with E-state index in [4.69, 9.17) is 10.5 Å². The van der Waals surface area contributed by atoms with Crippen LogP contribution in [-0.4, -0.2) is 18.1 Å². The minimum atomic E-state index is -0.625. The van der Waals surface area contributed by atoms with Gasteiger partial charge in [0.15, 0.2) is 0 Å². The topological polar surface area (TPSA) is 52.3 Å². The van der Waals surface area contributed by atoms with Crippen LogP contribution in [0.15, 0.2) is 0 Å². The molecule has 0 aliphatic heterocycles. The van der Waals surface area contributed by atoms with Gasteiger partial charge in [-0.1, -0.05) is 19.3 Å². The Hall–Kier alpha value is -0.570. The minimum Gasteiger partial charge on any atom is -0.464 e. The normalized spacial score (nSPS) is 24.9. The quantitative estimate of drug-likeness (QED) is 0.696. The lowest BCUT2D eigenvalue weighted by molar-refractivity contribution is -0.154. The predicted molar refractivity (Wildman–Crippen MR) is 53.7 cm³/mol. The fraction of sp³-hybridized carbons (Fsp3) is 0.909. The first-order chi connectivity index (χ1) is 6.71. The van der Waals surface area contributed by atoms with Gasteiger partial charge in [-0.25, -0.2) is 0 Å². The van der Waals surface area contributed by atoms with Crippen molar-refractivity contribution in [3.05, 3.63) is 0 Å². The zero-order valence-corrected chi connectivity index (χ0v) is 8.63. The van der Waals surface area contributed by atoms with Crippen LogP contribution in [0.2, 0.25) is 0 Å². The third-order valence-electron chi connectivity index (χ3n) is 3.64. The summed E-state index contributed by atoms with van der Waals surface area (Å²) >= 11 is 0. The van der Waals surface area contributed by atoms with Crippen molar-refractivity contribution in [3.8, 4) is 0 Å². The molecule has 0 atom stereocenters. The number of esters is 1. The van der Waals surface area contributed by atoms with Gasteiger partial charge in [0.1, 0.15) is 5.54 Å². The van der Waals surface area contributed by atoms with Gasteiger partial charge >= 0.3 is 5.97 Å². The maximum atomic E-state index is 11.5. The van der Waals surface area contributed by atoms with Crippen molar-refractivity contribution in [2.75, 3.05) is 6.61 Å². The van der Waals surface area contributed by atoms with Crippen LogP contribution in [0.5, 0.6) is 0 Å². The molecule has 0 heterocycles. The van der Waals surface area contributed by atoms with Gasteiger partial charge in [-0.2, -0.15) is 0 Å². The zero-order chi connectivity index (χ0) is 10.0. The molecule has 0 bridgehead atoms. The average molecular weight is 197 g/mol. The van der Waals surface area contributed by atoms with E-state index >= 15 is 0 Å². The number of rotatable bonds is 4. The molecule has 14 heavy (non-hydrogen) atoms. The Labute approximate surface area is 85.0 Å². The Morgan fingerprint density at radius 3 is 2.50 bits per heavy atom. The molecule has 0 spiro atoms. The van der Waals surface area contributed by atoms with Crippen molar-refractivity contribution >= 4 is 5.97 Å². The lowest BCUT2D eigenvalue weighted by Crippen LogP contribution is -2.54. The van der Waals surface area contributed by atoms with Crippen molar-refractivity contribution in [1.29, 1.82) is 0 Å². The fourth-order valence-electron chi connectivity index (χ4n) is 2.01. The largest absolute Gasteiger partial charge is 0.464 e. The minimum absolute atomic E-state index is 0.178. The van der Waals surface area contributed by atoms with Gasteiger partial charge in [-0.05, 0) is 31.6 Å². The number of ether oxygens (including phenoxy) is 1. The highest BCUT2D eigenvalue weighted by Crippen LogP contribution is 2.31. The molecular weight excluding hydrogens is 178 g/mol. The second-order valence-electron chi connectivity index (χ2n) is 4.73. The second kappa shape index (κ2) is 3.89. The molecule has 0 radical (unpaired) electrons. The lowest BCUT2D eigenvalue weighted by atomic mass is 9.78. The Morgan fingerprint density at radius 1 is 1.36 bits per heavy atom. The molecule has 2 N–H and O–H groups in total. The standard InChI is InChI=1S/C11H19NO2/c12-11(6-2-7-11)10(13)14-8-5-9-3-1-4-9/h9H,1-8,12H2. The van der Waals surface area contributed by atoms with Crippen LogP contribution < -0.4 is 5.73 Å². The lowest BCUT2D eigenvalue weighted by Gasteiger charge is -2.35. The van der Waals surface area contributed by atoms with Gasteiger partial charge in [0, 0.05) is 0 Å². The van der Waals surface area contributed by atoms with Crippen LogP contribution in [0.25, 0.3) is 0 Å². The van der Waals surface area contributed by atoms with Crippen LogP contribution in [-0.2, 0) is 9.53 Å². The number of carbonyl (C=O) groups is 1. The number of hydrogen-bond acceptors (Lipinski definition) is 3. The zero-order valence-electron chi connectivity index (χ0n) is 8.63. The van der Waals surface area contributed by atoms with Crippen LogP contribution in [0.3, 0.4) is 0 Å². The Morgan fingerprint density at radius 2 is 2.07 bits per heavy atom. The summed E-state index contributed by atoms with van der Waals surface area (Å²) < 4.78 is 5.19. The third-order valence-corrected chi connectivity index (χ3v) is 3.64. The first-order valence-corrected chi connectivity index (χ1v) is 5.67. The van der Waals surface area contributed by atoms with E-state index in [0.717, 1.165) is 31.6 Å². The molecular formula is C11H19NO2. The molecule has 2 aliphatic carbocycles. The molecule has 0 aromatic carbocycles. The van der Waals surface area contributed by atoms with Gasteiger partial charge < -0.3 is 10.5 Å². The number of carbonyl (C=O) groups excluding carboxylic acids is 1. The first-order valence-electron chi connectivity index (χ1n) is 5.67. The molecule has 2 aliphatic rings. The van der Waals surface area contributed by atoms with Crippen LogP contribution in [0, 0.1) is 5.92 Å². The molecule has 0 saturated heterocycles. The molecule has 0 amide bonds. The molecule has 3 heteroatoms. The van der Waals surface area contributed by atoms with E-state index in [-0.39, 0.29) is 5.97 Å². The number of hydrogen-bond donors (Lipinski definition) is 1. The highest BCUT2D eigenvalue weighted by molar-refractivity contribution is 5.81. The van der Waals surface area contributed by atoms with Crippen LogP contribution in [0.1, 0.15) is 44.9 Å². The van der Waals surface area contributed by atoms with E-state index in [1.165, 1.54) is 19.3 Å². The van der Waals surface area contributed by atoms with E-state index in [1.54, 1.807) is 0 Å². The molecule has 2 fully saturated rings. The third kappa shape index (κ3) is 1.92. The van der Waals surface area contributed by atoms with Gasteiger partial charge in [0.05, 0.1) is 6.61 Å². The highest BCUT2D eigenvalue weighted by Gasteiger charge is 2.41. The fourth-order valence-corrected chi connectivity index (χ4v) is 2.01. The van der Waals surface area contributed by atoms with E-state index in [1.807, 2.05) is 0 Å². The average Bonchev–Trinajstić information content (AvgIpc) is 2.04. The summed E-state index contributed by atoms with van der Waals surface area (Å²) in [7, 11) is 0. The van der Waals surface area contributed by atoms with E-state index < -0.39 is 5.54 Å². The van der Waals surface area contributed by atoms with Gasteiger partial charge in [-0.3, -0.25) is 4.79 Å². The maximum Gasteiger partial charge on any atom is 0.326 e. The van der Waals surface area contributed by atoms with Gasteiger partial charge in [0.25, 0.3) is 0 Å². The molecule has 80 valence electrons. The van der Waals surface area contributed by atoms with Crippen molar-refractivity contribution in [1.82, 2.24) is 0 Å². The van der Waals surface area contributed by atoms with Gasteiger partial charge in [0.2, 0.25) is 0 Å². The first kappa shape index (κ1) is 9.97. The summed E-state index contributed by atoms with van der Waals surface area (Å²) in [5.41, 5.74) is 5.21. The molecule has 2 rings (SSSR count). The SMILES string of the molecule is NC1(C(=O)OCCC2CCC2)CCC1. The molecule has 0 aromatic heterocycles. The number of nitrogens with two attached hydrogens (primary N) is 1. The molecule has 2 saturated carbocycles. The molecule has 0 unspecified atom stereocenters. The van der Waals surface area contributed by atoms with Gasteiger partial charge in [-0.15, -0.1) is 0 Å². The van der Waals surface area contributed by atoms with E-state index in [0.29, 0.717) is 6.61 Å². The maximum absolute atomic E-state index is 11.5. The van der Waals surface area contributed by atoms with E-state index in [2.05, 4.69) is 0 Å². The molecule has 3 nitrogen and oxygen atoms in total. The molecule has 0 aromatic rings. The van der Waals surface area contributed by atoms with E-state index in [9.17, 15) is 4.79 Å².